The second-order valence-electron chi connectivity index (χ2n) is 7.67. The zero-order valence-corrected chi connectivity index (χ0v) is 18.7. The van der Waals surface area contributed by atoms with Gasteiger partial charge >= 0.3 is 0 Å². The Labute approximate surface area is 186 Å². The first-order valence-electron chi connectivity index (χ1n) is 10.0. The van der Waals surface area contributed by atoms with Gasteiger partial charge in [0.2, 0.25) is 5.91 Å². The van der Waals surface area contributed by atoms with Crippen LogP contribution in [-0.2, 0) is 16.1 Å². The van der Waals surface area contributed by atoms with Crippen molar-refractivity contribution in [1.29, 1.82) is 0 Å². The van der Waals surface area contributed by atoms with Crippen LogP contribution in [-0.4, -0.2) is 53.5 Å². The molecule has 1 aliphatic rings. The zero-order chi connectivity index (χ0) is 21.7. The van der Waals surface area contributed by atoms with Gasteiger partial charge in [-0.2, -0.15) is 0 Å². The number of amides is 2. The Morgan fingerprint density at radius 3 is 2.50 bits per heavy atom. The molecule has 0 bridgehead atoms. The van der Waals surface area contributed by atoms with Crippen LogP contribution in [0.15, 0.2) is 41.0 Å². The van der Waals surface area contributed by atoms with Crippen molar-refractivity contribution in [3.05, 3.63) is 58.0 Å². The minimum atomic E-state index is -0.294. The Kier molecular flexibility index (Phi) is 7.81. The van der Waals surface area contributed by atoms with Crippen molar-refractivity contribution in [1.82, 2.24) is 9.80 Å². The summed E-state index contributed by atoms with van der Waals surface area (Å²) in [4.78, 5) is 29.5. The fraction of sp³-hybridized carbons (Fsp3) is 0.455. The number of carbonyl (C=O) groups excluding carboxylic acids is 2. The van der Waals surface area contributed by atoms with Crippen molar-refractivity contribution in [2.75, 3.05) is 19.7 Å². The quantitative estimate of drug-likeness (QED) is 0.584. The second kappa shape index (κ2) is 10.3. The molecule has 8 heteroatoms. The molecule has 1 saturated heterocycles. The summed E-state index contributed by atoms with van der Waals surface area (Å²) in [5.74, 6) is 0.222. The summed E-state index contributed by atoms with van der Waals surface area (Å²) < 4.78 is 11.1. The van der Waals surface area contributed by atoms with Crippen molar-refractivity contribution >= 4 is 35.0 Å². The number of benzene rings is 1. The third-order valence-corrected chi connectivity index (χ3v) is 5.46. The second-order valence-corrected chi connectivity index (χ2v) is 8.55. The molecule has 30 heavy (non-hydrogen) atoms. The molecule has 1 atom stereocenters. The fourth-order valence-electron chi connectivity index (χ4n) is 3.46. The van der Waals surface area contributed by atoms with Crippen LogP contribution in [0.4, 0.5) is 0 Å². The maximum Gasteiger partial charge on any atom is 0.254 e. The van der Waals surface area contributed by atoms with Crippen LogP contribution >= 0.6 is 23.2 Å². The van der Waals surface area contributed by atoms with Gasteiger partial charge in [-0.3, -0.25) is 9.59 Å². The highest BCUT2D eigenvalue weighted by Crippen LogP contribution is 2.21. The Morgan fingerprint density at radius 2 is 1.93 bits per heavy atom. The molecule has 2 aromatic rings. The largest absolute Gasteiger partial charge is 0.467 e. The summed E-state index contributed by atoms with van der Waals surface area (Å²) in [6.45, 7) is 5.17. The summed E-state index contributed by atoms with van der Waals surface area (Å²) in [5, 5.41) is 0.748. The van der Waals surface area contributed by atoms with E-state index in [4.69, 9.17) is 32.4 Å². The third-order valence-electron chi connectivity index (χ3n) is 5.03. The minimum Gasteiger partial charge on any atom is -0.467 e. The molecule has 0 N–H and O–H groups in total. The average Bonchev–Trinajstić information content (AvgIpc) is 3.38. The van der Waals surface area contributed by atoms with Crippen LogP contribution in [0.3, 0.4) is 0 Å². The van der Waals surface area contributed by atoms with Gasteiger partial charge in [-0.1, -0.05) is 23.2 Å². The van der Waals surface area contributed by atoms with Crippen molar-refractivity contribution in [2.45, 2.75) is 45.4 Å². The van der Waals surface area contributed by atoms with E-state index in [1.54, 1.807) is 35.4 Å². The first-order valence-corrected chi connectivity index (χ1v) is 10.8. The number of halogens is 2. The summed E-state index contributed by atoms with van der Waals surface area (Å²) in [5.41, 5.74) is 0.353. The number of carbonyl (C=O) groups is 2. The number of furan rings is 1. The van der Waals surface area contributed by atoms with E-state index in [9.17, 15) is 9.59 Å². The molecule has 1 aromatic heterocycles. The maximum atomic E-state index is 13.2. The van der Waals surface area contributed by atoms with E-state index in [0.717, 1.165) is 12.8 Å². The van der Waals surface area contributed by atoms with Gasteiger partial charge in [-0.25, -0.2) is 0 Å². The molecule has 1 unspecified atom stereocenters. The third kappa shape index (κ3) is 6.00. The highest BCUT2D eigenvalue weighted by molar-refractivity contribution is 6.35. The number of rotatable bonds is 8. The SMILES string of the molecule is CC(C)N(CC(=O)N(Cc1ccco1)CC1CCCO1)C(=O)c1cc(Cl)cc(Cl)c1. The van der Waals surface area contributed by atoms with Gasteiger partial charge in [0.05, 0.1) is 18.9 Å². The molecule has 162 valence electrons. The number of hydrogen-bond acceptors (Lipinski definition) is 4. The first kappa shape index (κ1) is 22.7. The number of ether oxygens (including phenoxy) is 1. The number of hydrogen-bond donors (Lipinski definition) is 0. The van der Waals surface area contributed by atoms with E-state index in [-0.39, 0.29) is 30.5 Å². The zero-order valence-electron chi connectivity index (χ0n) is 17.1. The number of nitrogens with zero attached hydrogens (tertiary/aromatic N) is 2. The molecule has 0 radical (unpaired) electrons. The van der Waals surface area contributed by atoms with Gasteiger partial charge in [0.15, 0.2) is 0 Å². The van der Waals surface area contributed by atoms with E-state index in [1.165, 1.54) is 4.90 Å². The molecule has 0 saturated carbocycles. The lowest BCUT2D eigenvalue weighted by molar-refractivity contribution is -0.134. The maximum absolute atomic E-state index is 13.2. The lowest BCUT2D eigenvalue weighted by Crippen LogP contribution is -2.47. The predicted octanol–water partition coefficient (Wildman–Crippen LogP) is 4.64. The highest BCUT2D eigenvalue weighted by atomic mass is 35.5. The Bertz CT molecular complexity index is 844. The summed E-state index contributed by atoms with van der Waals surface area (Å²) in [7, 11) is 0. The molecule has 0 aliphatic carbocycles. The molecular weight excluding hydrogens is 427 g/mol. The standard InChI is InChI=1S/C22H26Cl2N2O4/c1-15(2)26(22(28)16-9-17(23)11-18(24)10-16)14-21(27)25(12-19-5-3-7-29-19)13-20-6-4-8-30-20/h3,5,7,9-11,15,20H,4,6,8,12-14H2,1-2H3. The molecule has 3 rings (SSSR count). The van der Waals surface area contributed by atoms with Crippen molar-refractivity contribution in [3.63, 3.8) is 0 Å². The fourth-order valence-corrected chi connectivity index (χ4v) is 3.98. The van der Waals surface area contributed by atoms with Crippen LogP contribution in [0.2, 0.25) is 10.0 Å². The van der Waals surface area contributed by atoms with Crippen molar-refractivity contribution in [3.8, 4) is 0 Å². The van der Waals surface area contributed by atoms with Gasteiger partial charge in [-0.15, -0.1) is 0 Å². The van der Waals surface area contributed by atoms with Crippen LogP contribution in [0.25, 0.3) is 0 Å². The van der Waals surface area contributed by atoms with E-state index in [0.29, 0.717) is 41.1 Å². The minimum absolute atomic E-state index is 0.00106. The lowest BCUT2D eigenvalue weighted by Gasteiger charge is -2.31. The van der Waals surface area contributed by atoms with E-state index >= 15 is 0 Å². The van der Waals surface area contributed by atoms with Crippen LogP contribution in [0.1, 0.15) is 42.8 Å². The van der Waals surface area contributed by atoms with E-state index < -0.39 is 0 Å². The molecule has 2 heterocycles. The summed E-state index contributed by atoms with van der Waals surface area (Å²) in [6, 6.07) is 8.11. The molecule has 6 nitrogen and oxygen atoms in total. The van der Waals surface area contributed by atoms with Crippen molar-refractivity contribution < 1.29 is 18.7 Å². The Morgan fingerprint density at radius 1 is 1.20 bits per heavy atom. The van der Waals surface area contributed by atoms with Crippen molar-refractivity contribution in [2.24, 2.45) is 0 Å². The van der Waals surface area contributed by atoms with Gasteiger partial charge in [-0.05, 0) is 57.0 Å². The monoisotopic (exact) mass is 452 g/mol. The Hall–Kier alpha value is -2.02. The van der Waals surface area contributed by atoms with Crippen LogP contribution < -0.4 is 0 Å². The highest BCUT2D eigenvalue weighted by Gasteiger charge is 2.28. The predicted molar refractivity (Wildman–Crippen MR) is 116 cm³/mol. The molecule has 1 aromatic carbocycles. The summed E-state index contributed by atoms with van der Waals surface area (Å²) >= 11 is 12.1. The topological polar surface area (TPSA) is 63.0 Å². The lowest BCUT2D eigenvalue weighted by atomic mass is 10.1. The smallest absolute Gasteiger partial charge is 0.254 e. The van der Waals surface area contributed by atoms with Gasteiger partial charge in [0, 0.05) is 34.8 Å². The normalized spacial score (nSPS) is 16.1. The van der Waals surface area contributed by atoms with Gasteiger partial charge in [0.25, 0.3) is 5.91 Å². The summed E-state index contributed by atoms with van der Waals surface area (Å²) in [6.07, 6.45) is 3.48. The average molecular weight is 453 g/mol. The first-order chi connectivity index (χ1) is 14.3. The molecule has 2 amide bonds. The van der Waals surface area contributed by atoms with E-state index in [2.05, 4.69) is 0 Å². The Balaban J connectivity index is 1.76. The molecule has 0 spiro atoms. The van der Waals surface area contributed by atoms with E-state index in [1.807, 2.05) is 19.9 Å². The van der Waals surface area contributed by atoms with Crippen LogP contribution in [0, 0.1) is 0 Å². The van der Waals surface area contributed by atoms with Crippen LogP contribution in [0.5, 0.6) is 0 Å². The van der Waals surface area contributed by atoms with Gasteiger partial charge < -0.3 is 19.0 Å². The van der Waals surface area contributed by atoms with Gasteiger partial charge in [0.1, 0.15) is 12.3 Å². The molecular formula is C22H26Cl2N2O4. The molecule has 1 aliphatic heterocycles. The molecule has 1 fully saturated rings.